The van der Waals surface area contributed by atoms with Gasteiger partial charge in [0, 0.05) is 11.7 Å². The number of rotatable bonds is 8. The number of aryl methyl sites for hydroxylation is 2. The molecule has 2 aromatic rings. The van der Waals surface area contributed by atoms with Crippen molar-refractivity contribution in [2.75, 3.05) is 11.9 Å². The van der Waals surface area contributed by atoms with Crippen molar-refractivity contribution < 1.29 is 24.2 Å². The molecular weight excluding hydrogens is 458 g/mol. The minimum atomic E-state index is -1.29. The number of aliphatic hydroxyl groups is 1. The Kier molecular flexibility index (Phi) is 9.64. The Balaban J connectivity index is 2.53. The van der Waals surface area contributed by atoms with E-state index in [0.717, 1.165) is 16.7 Å². The molecular formula is C28H39N3O5. The summed E-state index contributed by atoms with van der Waals surface area (Å²) in [4.78, 5) is 41.4. The Bertz CT molecular complexity index is 1090. The first-order valence-electron chi connectivity index (χ1n) is 12.1. The lowest BCUT2D eigenvalue weighted by Crippen LogP contribution is -2.55. The van der Waals surface area contributed by atoms with Crippen LogP contribution in [0.4, 0.5) is 10.5 Å². The second-order valence-electron chi connectivity index (χ2n) is 10.2. The van der Waals surface area contributed by atoms with Gasteiger partial charge in [-0.3, -0.25) is 9.59 Å². The van der Waals surface area contributed by atoms with Gasteiger partial charge in [-0.05, 0) is 83.7 Å². The molecule has 0 spiro atoms. The first-order valence-corrected chi connectivity index (χ1v) is 12.1. The molecule has 0 heterocycles. The fourth-order valence-corrected chi connectivity index (χ4v) is 3.90. The van der Waals surface area contributed by atoms with Crippen molar-refractivity contribution in [2.45, 2.75) is 79.1 Å². The van der Waals surface area contributed by atoms with E-state index in [0.29, 0.717) is 11.3 Å². The highest BCUT2D eigenvalue weighted by Gasteiger charge is 2.38. The van der Waals surface area contributed by atoms with Crippen LogP contribution in [0.2, 0.25) is 0 Å². The molecule has 2 atom stereocenters. The van der Waals surface area contributed by atoms with E-state index < -0.39 is 48.2 Å². The molecule has 0 fully saturated rings. The maximum Gasteiger partial charge on any atom is 0.408 e. The second kappa shape index (κ2) is 12.0. The quantitative estimate of drug-likeness (QED) is 0.501. The first-order chi connectivity index (χ1) is 16.8. The summed E-state index contributed by atoms with van der Waals surface area (Å²) < 4.78 is 5.27. The van der Waals surface area contributed by atoms with Crippen LogP contribution in [0.3, 0.4) is 0 Å². The Morgan fingerprint density at radius 1 is 0.972 bits per heavy atom. The fraction of sp³-hybridized carbons (Fsp3) is 0.464. The molecule has 0 saturated heterocycles. The van der Waals surface area contributed by atoms with Crippen molar-refractivity contribution in [3.63, 3.8) is 0 Å². The zero-order valence-corrected chi connectivity index (χ0v) is 22.5. The van der Waals surface area contributed by atoms with Crippen molar-refractivity contribution in [2.24, 2.45) is 0 Å². The average molecular weight is 498 g/mol. The number of carbonyl (C=O) groups is 3. The maximum atomic E-state index is 13.8. The van der Waals surface area contributed by atoms with E-state index in [1.165, 1.54) is 4.90 Å². The summed E-state index contributed by atoms with van der Waals surface area (Å²) in [5.74, 6) is -0.988. The molecule has 36 heavy (non-hydrogen) atoms. The SMILES string of the molecule is Cc1ccccc1NC(=O)C(c1cccc(C)c1C)N(C(=O)C(CO)NC(=O)OC(C)(C)C)C(C)C. The van der Waals surface area contributed by atoms with Crippen LogP contribution in [-0.2, 0) is 14.3 Å². The van der Waals surface area contributed by atoms with Crippen LogP contribution >= 0.6 is 0 Å². The zero-order valence-electron chi connectivity index (χ0n) is 22.5. The second-order valence-corrected chi connectivity index (χ2v) is 10.2. The molecule has 8 nitrogen and oxygen atoms in total. The van der Waals surface area contributed by atoms with E-state index in [1.54, 1.807) is 40.7 Å². The number of aliphatic hydroxyl groups excluding tert-OH is 1. The van der Waals surface area contributed by atoms with Gasteiger partial charge in [0.2, 0.25) is 5.91 Å². The van der Waals surface area contributed by atoms with Gasteiger partial charge in [-0.2, -0.15) is 0 Å². The third-order valence-electron chi connectivity index (χ3n) is 5.85. The van der Waals surface area contributed by atoms with Crippen molar-refractivity contribution in [3.05, 3.63) is 64.7 Å². The van der Waals surface area contributed by atoms with Crippen LogP contribution in [0.1, 0.15) is 62.9 Å². The predicted octanol–water partition coefficient (Wildman–Crippen LogP) is 4.41. The lowest BCUT2D eigenvalue weighted by atomic mass is 9.94. The molecule has 2 unspecified atom stereocenters. The van der Waals surface area contributed by atoms with Crippen LogP contribution in [0, 0.1) is 20.8 Å². The van der Waals surface area contributed by atoms with Crippen LogP contribution in [0.25, 0.3) is 0 Å². The molecule has 8 heteroatoms. The van der Waals surface area contributed by atoms with Crippen molar-refractivity contribution in [1.29, 1.82) is 0 Å². The Hall–Kier alpha value is -3.39. The van der Waals surface area contributed by atoms with Gasteiger partial charge in [0.1, 0.15) is 17.7 Å². The highest BCUT2D eigenvalue weighted by molar-refractivity contribution is 5.99. The summed E-state index contributed by atoms with van der Waals surface area (Å²) >= 11 is 0. The van der Waals surface area contributed by atoms with Crippen molar-refractivity contribution in [1.82, 2.24) is 10.2 Å². The third-order valence-corrected chi connectivity index (χ3v) is 5.85. The number of nitrogens with zero attached hydrogens (tertiary/aromatic N) is 1. The molecule has 3 N–H and O–H groups in total. The Morgan fingerprint density at radius 2 is 1.58 bits per heavy atom. The number of carbonyl (C=O) groups excluding carboxylic acids is 3. The number of ether oxygens (including phenoxy) is 1. The minimum absolute atomic E-state index is 0.394. The molecule has 3 amide bonds. The van der Waals surface area contributed by atoms with E-state index in [2.05, 4.69) is 10.6 Å². The number of amides is 3. The molecule has 2 aromatic carbocycles. The number of alkyl carbamates (subject to hydrolysis) is 1. The van der Waals surface area contributed by atoms with Crippen LogP contribution < -0.4 is 10.6 Å². The van der Waals surface area contributed by atoms with E-state index >= 15 is 0 Å². The Morgan fingerprint density at radius 3 is 2.14 bits per heavy atom. The molecule has 196 valence electrons. The van der Waals surface area contributed by atoms with Gasteiger partial charge >= 0.3 is 6.09 Å². The van der Waals surface area contributed by atoms with Gasteiger partial charge in [-0.25, -0.2) is 4.79 Å². The monoisotopic (exact) mass is 497 g/mol. The molecule has 0 radical (unpaired) electrons. The van der Waals surface area contributed by atoms with Gasteiger partial charge < -0.3 is 25.4 Å². The third kappa shape index (κ3) is 7.31. The summed E-state index contributed by atoms with van der Waals surface area (Å²) in [7, 11) is 0. The molecule has 0 saturated carbocycles. The molecule has 0 aliphatic rings. The zero-order chi connectivity index (χ0) is 27.2. The van der Waals surface area contributed by atoms with E-state index in [-0.39, 0.29) is 0 Å². The predicted molar refractivity (Wildman–Crippen MR) is 141 cm³/mol. The normalized spacial score (nSPS) is 13.1. The highest BCUT2D eigenvalue weighted by atomic mass is 16.6. The average Bonchev–Trinajstić information content (AvgIpc) is 2.77. The fourth-order valence-electron chi connectivity index (χ4n) is 3.90. The number of para-hydroxylation sites is 1. The Labute approximate surface area is 214 Å². The van der Waals surface area contributed by atoms with Gasteiger partial charge in [0.15, 0.2) is 0 Å². The van der Waals surface area contributed by atoms with Crippen molar-refractivity contribution >= 4 is 23.6 Å². The van der Waals surface area contributed by atoms with Crippen molar-refractivity contribution in [3.8, 4) is 0 Å². The van der Waals surface area contributed by atoms with Gasteiger partial charge in [0.05, 0.1) is 6.61 Å². The minimum Gasteiger partial charge on any atom is -0.444 e. The molecule has 2 rings (SSSR count). The van der Waals surface area contributed by atoms with Crippen LogP contribution in [-0.4, -0.2) is 52.2 Å². The lowest BCUT2D eigenvalue weighted by Gasteiger charge is -2.37. The van der Waals surface area contributed by atoms with E-state index in [4.69, 9.17) is 4.74 Å². The largest absolute Gasteiger partial charge is 0.444 e. The smallest absolute Gasteiger partial charge is 0.408 e. The van der Waals surface area contributed by atoms with Gasteiger partial charge in [-0.1, -0.05) is 36.4 Å². The van der Waals surface area contributed by atoms with E-state index in [9.17, 15) is 19.5 Å². The first kappa shape index (κ1) is 28.8. The van der Waals surface area contributed by atoms with Gasteiger partial charge in [0.25, 0.3) is 5.91 Å². The van der Waals surface area contributed by atoms with Crippen LogP contribution in [0.5, 0.6) is 0 Å². The van der Waals surface area contributed by atoms with E-state index in [1.807, 2.05) is 57.2 Å². The molecule has 0 bridgehead atoms. The summed E-state index contributed by atoms with van der Waals surface area (Å²) in [5.41, 5.74) is 3.26. The molecule has 0 aliphatic carbocycles. The molecule has 0 aromatic heterocycles. The summed E-state index contributed by atoms with van der Waals surface area (Å²) in [6.07, 6.45) is -0.828. The number of hydrogen-bond acceptors (Lipinski definition) is 5. The highest BCUT2D eigenvalue weighted by Crippen LogP contribution is 2.30. The number of hydrogen-bond donors (Lipinski definition) is 3. The lowest BCUT2D eigenvalue weighted by molar-refractivity contribution is -0.143. The van der Waals surface area contributed by atoms with Crippen LogP contribution in [0.15, 0.2) is 42.5 Å². The topological polar surface area (TPSA) is 108 Å². The summed E-state index contributed by atoms with van der Waals surface area (Å²) in [6.45, 7) is 13.8. The molecule has 0 aliphatic heterocycles. The standard InChI is InChI=1S/C28H39N3O5/c1-17(2)31(26(34)23(16-32)30-27(35)36-28(6,7)8)24(21-14-11-13-18(3)20(21)5)25(33)29-22-15-10-9-12-19(22)4/h9-15,17,23-24,32H,16H2,1-8H3,(H,29,33)(H,30,35). The number of anilines is 1. The number of nitrogens with one attached hydrogen (secondary N) is 2. The summed E-state index contributed by atoms with van der Waals surface area (Å²) in [6, 6.07) is 10.3. The van der Waals surface area contributed by atoms with Gasteiger partial charge in [-0.15, -0.1) is 0 Å². The summed E-state index contributed by atoms with van der Waals surface area (Å²) in [5, 5.41) is 15.4. The number of benzene rings is 2. The maximum absolute atomic E-state index is 13.8.